The number of rotatable bonds is 0. The Balaban J connectivity index is 0.000000253. The average molecular weight is 566 g/mol. The third-order valence-electron chi connectivity index (χ3n) is 6.73. The molecule has 1 aromatic rings. The summed E-state index contributed by atoms with van der Waals surface area (Å²) in [6.07, 6.45) is 8.28. The SMILES string of the molecule is CC.O=C(O)N1Cc2cccc(Cl)c2C1.O=C1NC2C[C@H]2/C=C\CCOCCCC(=O)N2CCCC12.O=CO. The first kappa shape index (κ1) is 32.1. The molecule has 11 heteroatoms. The number of ether oxygens (including phenoxy) is 1. The smallest absolute Gasteiger partial charge is 0.407 e. The summed E-state index contributed by atoms with van der Waals surface area (Å²) in [5.41, 5.74) is 1.95. The number of carbonyl (C=O) groups excluding carboxylic acids is 2. The molecular weight excluding hydrogens is 526 g/mol. The molecule has 10 nitrogen and oxygen atoms in total. The minimum absolute atomic E-state index is 0.0351. The molecule has 0 radical (unpaired) electrons. The lowest BCUT2D eigenvalue weighted by molar-refractivity contribution is -0.138. The molecule has 0 aromatic heterocycles. The van der Waals surface area contributed by atoms with Crippen LogP contribution in [0.3, 0.4) is 0 Å². The fraction of sp³-hybridized carbons (Fsp3) is 0.571. The van der Waals surface area contributed by atoms with E-state index in [1.165, 1.54) is 4.90 Å². The van der Waals surface area contributed by atoms with Crippen molar-refractivity contribution in [3.05, 3.63) is 46.5 Å². The number of benzene rings is 1. The molecule has 3 N–H and O–H groups in total. The van der Waals surface area contributed by atoms with Gasteiger partial charge >= 0.3 is 6.09 Å². The van der Waals surface area contributed by atoms with Gasteiger partial charge in [-0.05, 0) is 55.2 Å². The normalized spacial score (nSPS) is 24.6. The Kier molecular flexibility index (Phi) is 13.8. The zero-order valence-electron chi connectivity index (χ0n) is 22.7. The fourth-order valence-electron chi connectivity index (χ4n) is 4.72. The van der Waals surface area contributed by atoms with Crippen molar-refractivity contribution >= 4 is 36.0 Å². The molecule has 2 fully saturated rings. The maximum atomic E-state index is 12.4. The van der Waals surface area contributed by atoms with E-state index >= 15 is 0 Å². The van der Waals surface area contributed by atoms with Gasteiger partial charge in [0.15, 0.2) is 0 Å². The molecule has 1 saturated heterocycles. The summed E-state index contributed by atoms with van der Waals surface area (Å²) in [4.78, 5) is 46.7. The summed E-state index contributed by atoms with van der Waals surface area (Å²) in [7, 11) is 0. The number of nitrogens with one attached hydrogen (secondary N) is 1. The molecule has 1 saturated carbocycles. The number of carboxylic acid groups (broad SMARTS) is 2. The standard InChI is InChI=1S/C16H24N2O3.C9H8ClNO2.C2H6.CH2O2/c19-15-7-4-10-21-9-2-1-5-12-11-13(12)17-16(20)14-6-3-8-18(14)15;10-8-3-1-2-6-4-11(9(12)13)5-7(6)8;1-2;2-1-3/h1,5,12-14H,2-4,6-11H2,(H,17,20);1-3H,4-5H2,(H,12,13);1-2H3;1H,(H,2,3)/b5-1-;;;/t12-,13?,14?;;;/m1.../s1. The zero-order valence-corrected chi connectivity index (χ0v) is 23.4. The molecule has 39 heavy (non-hydrogen) atoms. The minimum atomic E-state index is -0.896. The maximum Gasteiger partial charge on any atom is 0.407 e. The van der Waals surface area contributed by atoms with E-state index in [4.69, 9.17) is 31.3 Å². The minimum Gasteiger partial charge on any atom is -0.483 e. The van der Waals surface area contributed by atoms with Gasteiger partial charge in [-0.1, -0.05) is 49.7 Å². The zero-order chi connectivity index (χ0) is 28.8. The number of nitrogens with zero attached hydrogens (tertiary/aromatic N) is 2. The largest absolute Gasteiger partial charge is 0.483 e. The van der Waals surface area contributed by atoms with Crippen molar-refractivity contribution in [1.82, 2.24) is 15.1 Å². The molecule has 1 aromatic carbocycles. The topological polar surface area (TPSA) is 136 Å². The van der Waals surface area contributed by atoms with Crippen LogP contribution in [0.1, 0.15) is 63.5 Å². The van der Waals surface area contributed by atoms with Gasteiger partial charge in [-0.25, -0.2) is 4.79 Å². The van der Waals surface area contributed by atoms with Crippen molar-refractivity contribution in [1.29, 1.82) is 0 Å². The Morgan fingerprint density at radius 1 is 1.18 bits per heavy atom. The number of carbonyl (C=O) groups is 4. The van der Waals surface area contributed by atoms with Crippen molar-refractivity contribution in [2.24, 2.45) is 5.92 Å². The summed E-state index contributed by atoms with van der Waals surface area (Å²) in [5, 5.41) is 19.4. The van der Waals surface area contributed by atoms with Gasteiger partial charge in [0, 0.05) is 37.2 Å². The van der Waals surface area contributed by atoms with E-state index in [1.807, 2.05) is 26.0 Å². The van der Waals surface area contributed by atoms with Crippen molar-refractivity contribution in [3.8, 4) is 0 Å². The lowest BCUT2D eigenvalue weighted by Crippen LogP contribution is -2.46. The highest BCUT2D eigenvalue weighted by molar-refractivity contribution is 6.31. The molecule has 3 amide bonds. The lowest BCUT2D eigenvalue weighted by Gasteiger charge is -2.24. The predicted octanol–water partition coefficient (Wildman–Crippen LogP) is 4.30. The summed E-state index contributed by atoms with van der Waals surface area (Å²) in [5.74, 6) is 0.592. The Hall–Kier alpha value is -3.11. The van der Waals surface area contributed by atoms with Gasteiger partial charge in [-0.2, -0.15) is 0 Å². The molecule has 3 atom stereocenters. The van der Waals surface area contributed by atoms with Crippen LogP contribution in [0.15, 0.2) is 30.4 Å². The summed E-state index contributed by atoms with van der Waals surface area (Å²) >= 11 is 5.92. The van der Waals surface area contributed by atoms with E-state index < -0.39 is 6.09 Å². The van der Waals surface area contributed by atoms with Gasteiger partial charge in [0.25, 0.3) is 6.47 Å². The Morgan fingerprint density at radius 3 is 2.62 bits per heavy atom. The molecule has 0 spiro atoms. The average Bonchev–Trinajstić information content (AvgIpc) is 3.30. The van der Waals surface area contributed by atoms with Crippen LogP contribution in [0.25, 0.3) is 0 Å². The van der Waals surface area contributed by atoms with E-state index in [0.717, 1.165) is 43.2 Å². The summed E-state index contributed by atoms with van der Waals surface area (Å²) in [6.45, 7) is 6.65. The monoisotopic (exact) mass is 565 g/mol. The molecule has 1 aliphatic carbocycles. The highest BCUT2D eigenvalue weighted by Crippen LogP contribution is 2.32. The second kappa shape index (κ2) is 16.8. The van der Waals surface area contributed by atoms with Gasteiger partial charge in [0.2, 0.25) is 11.8 Å². The summed E-state index contributed by atoms with van der Waals surface area (Å²) < 4.78 is 5.53. The van der Waals surface area contributed by atoms with Gasteiger partial charge in [-0.3, -0.25) is 19.3 Å². The Bertz CT molecular complexity index is 1000. The number of amides is 3. The first-order chi connectivity index (χ1) is 18.8. The van der Waals surface area contributed by atoms with E-state index in [9.17, 15) is 14.4 Å². The molecule has 3 heterocycles. The van der Waals surface area contributed by atoms with E-state index in [2.05, 4.69) is 17.5 Å². The summed E-state index contributed by atoms with van der Waals surface area (Å²) in [6, 6.07) is 5.54. The number of hydrogen-bond acceptors (Lipinski definition) is 5. The highest BCUT2D eigenvalue weighted by atomic mass is 35.5. The predicted molar refractivity (Wildman–Crippen MR) is 147 cm³/mol. The molecule has 3 aliphatic heterocycles. The van der Waals surface area contributed by atoms with Gasteiger partial charge in [0.1, 0.15) is 6.04 Å². The second-order valence-electron chi connectivity index (χ2n) is 9.31. The molecule has 5 rings (SSSR count). The van der Waals surface area contributed by atoms with Crippen LogP contribution in [-0.4, -0.2) is 76.2 Å². The number of halogens is 1. The van der Waals surface area contributed by atoms with Gasteiger partial charge in [-0.15, -0.1) is 0 Å². The maximum absolute atomic E-state index is 12.4. The fourth-order valence-corrected chi connectivity index (χ4v) is 4.97. The van der Waals surface area contributed by atoms with Gasteiger partial charge < -0.3 is 25.2 Å². The molecule has 4 aliphatic rings. The van der Waals surface area contributed by atoms with Crippen LogP contribution < -0.4 is 5.32 Å². The van der Waals surface area contributed by atoms with Crippen molar-refractivity contribution in [2.45, 2.75) is 77.5 Å². The molecule has 216 valence electrons. The van der Waals surface area contributed by atoms with Crippen LogP contribution in [-0.2, 0) is 32.2 Å². The van der Waals surface area contributed by atoms with Crippen molar-refractivity contribution in [3.63, 3.8) is 0 Å². The van der Waals surface area contributed by atoms with Crippen LogP contribution in [0.4, 0.5) is 4.79 Å². The quantitative estimate of drug-likeness (QED) is 0.315. The molecule has 0 bridgehead atoms. The van der Waals surface area contributed by atoms with E-state index in [-0.39, 0.29) is 30.4 Å². The molecule has 2 unspecified atom stereocenters. The number of fused-ring (bicyclic) bond motifs is 3. The van der Waals surface area contributed by atoms with E-state index in [0.29, 0.717) is 50.2 Å². The third-order valence-corrected chi connectivity index (χ3v) is 7.09. The van der Waals surface area contributed by atoms with E-state index in [1.54, 1.807) is 11.0 Å². The van der Waals surface area contributed by atoms with Crippen LogP contribution in [0.5, 0.6) is 0 Å². The van der Waals surface area contributed by atoms with Crippen molar-refractivity contribution in [2.75, 3.05) is 19.8 Å². The van der Waals surface area contributed by atoms with Crippen molar-refractivity contribution < 1.29 is 34.1 Å². The highest BCUT2D eigenvalue weighted by Gasteiger charge is 2.40. The van der Waals surface area contributed by atoms with Gasteiger partial charge in [0.05, 0.1) is 13.2 Å². The first-order valence-corrected chi connectivity index (χ1v) is 13.9. The second-order valence-corrected chi connectivity index (χ2v) is 9.72. The van der Waals surface area contributed by atoms with Crippen LogP contribution >= 0.6 is 11.6 Å². The first-order valence-electron chi connectivity index (χ1n) is 13.5. The third kappa shape index (κ3) is 9.85. The lowest BCUT2D eigenvalue weighted by atomic mass is 10.1. The Labute approximate surface area is 234 Å². The van der Waals surface area contributed by atoms with Crippen LogP contribution in [0.2, 0.25) is 5.02 Å². The Morgan fingerprint density at radius 2 is 1.92 bits per heavy atom. The van der Waals surface area contributed by atoms with Crippen LogP contribution in [0, 0.1) is 5.92 Å². The number of hydrogen-bond donors (Lipinski definition) is 3. The molecular formula is C28H40ClN3O7.